The van der Waals surface area contributed by atoms with Crippen LogP contribution in [0.3, 0.4) is 0 Å². The fourth-order valence-corrected chi connectivity index (χ4v) is 2.04. The molecule has 0 aromatic heterocycles. The van der Waals surface area contributed by atoms with Crippen molar-refractivity contribution < 1.29 is 9.59 Å². The van der Waals surface area contributed by atoms with E-state index in [0.29, 0.717) is 5.69 Å². The number of likely N-dealkylation sites (N-methyl/N-ethyl adjacent to an activating group) is 1. The SMILES string of the molecule is CC(C)NC(=O)CN(C)C(=O)c1cc(N)cc(Cl)c1Cl. The summed E-state index contributed by atoms with van der Waals surface area (Å²) in [7, 11) is 1.51. The van der Waals surface area contributed by atoms with Crippen molar-refractivity contribution in [3.8, 4) is 0 Å². The summed E-state index contributed by atoms with van der Waals surface area (Å²) in [5, 5.41) is 3.03. The summed E-state index contributed by atoms with van der Waals surface area (Å²) in [5.74, 6) is -0.662. The first kappa shape index (κ1) is 16.6. The number of benzene rings is 1. The van der Waals surface area contributed by atoms with Gasteiger partial charge in [-0.05, 0) is 26.0 Å². The number of amides is 2. The Kier molecular flexibility index (Phi) is 5.65. The third-order valence-corrected chi connectivity index (χ3v) is 3.26. The second kappa shape index (κ2) is 6.81. The Morgan fingerprint density at radius 1 is 1.35 bits per heavy atom. The molecule has 0 heterocycles. The first-order valence-electron chi connectivity index (χ1n) is 6.01. The summed E-state index contributed by atoms with van der Waals surface area (Å²) in [6.07, 6.45) is 0. The van der Waals surface area contributed by atoms with Crippen LogP contribution in [0.25, 0.3) is 0 Å². The minimum atomic E-state index is -0.414. The molecule has 5 nitrogen and oxygen atoms in total. The van der Waals surface area contributed by atoms with Gasteiger partial charge in [-0.15, -0.1) is 0 Å². The molecule has 0 unspecified atom stereocenters. The summed E-state index contributed by atoms with van der Waals surface area (Å²) < 4.78 is 0. The summed E-state index contributed by atoms with van der Waals surface area (Å²) in [6, 6.07) is 2.91. The van der Waals surface area contributed by atoms with Crippen LogP contribution in [-0.4, -0.2) is 36.3 Å². The van der Waals surface area contributed by atoms with Crippen molar-refractivity contribution in [3.05, 3.63) is 27.7 Å². The highest BCUT2D eigenvalue weighted by molar-refractivity contribution is 6.44. The Balaban J connectivity index is 2.87. The first-order valence-corrected chi connectivity index (χ1v) is 6.77. The standard InChI is InChI=1S/C13H17Cl2N3O2/c1-7(2)17-11(19)6-18(3)13(20)9-4-8(16)5-10(14)12(9)15/h4-5,7H,6,16H2,1-3H3,(H,17,19). The smallest absolute Gasteiger partial charge is 0.255 e. The number of anilines is 1. The first-order chi connectivity index (χ1) is 9.22. The molecule has 0 radical (unpaired) electrons. The molecule has 2 amide bonds. The van der Waals surface area contributed by atoms with Crippen LogP contribution in [0.15, 0.2) is 12.1 Å². The van der Waals surface area contributed by atoms with E-state index in [0.717, 1.165) is 0 Å². The number of halogens is 2. The number of nitrogens with zero attached hydrogens (tertiary/aromatic N) is 1. The molecule has 0 saturated heterocycles. The number of nitrogens with one attached hydrogen (secondary N) is 1. The average Bonchev–Trinajstić information content (AvgIpc) is 2.31. The molecule has 1 aromatic rings. The van der Waals surface area contributed by atoms with Gasteiger partial charge in [0.15, 0.2) is 0 Å². The number of nitrogens with two attached hydrogens (primary N) is 1. The molecule has 0 aliphatic carbocycles. The molecular formula is C13H17Cl2N3O2. The molecule has 3 N–H and O–H groups in total. The Bertz CT molecular complexity index is 533. The molecule has 0 spiro atoms. The zero-order chi connectivity index (χ0) is 15.4. The van der Waals surface area contributed by atoms with Gasteiger partial charge in [0.2, 0.25) is 5.91 Å². The van der Waals surface area contributed by atoms with Crippen molar-refractivity contribution in [1.29, 1.82) is 0 Å². The molecule has 0 aliphatic rings. The monoisotopic (exact) mass is 317 g/mol. The number of hydrogen-bond donors (Lipinski definition) is 2. The number of nitrogen functional groups attached to an aromatic ring is 1. The van der Waals surface area contributed by atoms with Gasteiger partial charge in [-0.2, -0.15) is 0 Å². The van der Waals surface area contributed by atoms with E-state index in [1.807, 2.05) is 13.8 Å². The van der Waals surface area contributed by atoms with Gasteiger partial charge in [0.05, 0.1) is 22.2 Å². The van der Waals surface area contributed by atoms with Crippen molar-refractivity contribution in [1.82, 2.24) is 10.2 Å². The molecule has 0 fully saturated rings. The number of carbonyl (C=O) groups excluding carboxylic acids is 2. The molecule has 0 bridgehead atoms. The summed E-state index contributed by atoms with van der Waals surface area (Å²) in [4.78, 5) is 25.1. The summed E-state index contributed by atoms with van der Waals surface area (Å²) in [6.45, 7) is 3.61. The van der Waals surface area contributed by atoms with Gasteiger partial charge in [-0.25, -0.2) is 0 Å². The normalized spacial score (nSPS) is 10.5. The van der Waals surface area contributed by atoms with Crippen molar-refractivity contribution in [2.45, 2.75) is 19.9 Å². The van der Waals surface area contributed by atoms with Crippen LogP contribution < -0.4 is 11.1 Å². The highest BCUT2D eigenvalue weighted by Gasteiger charge is 2.20. The van der Waals surface area contributed by atoms with E-state index in [9.17, 15) is 9.59 Å². The molecule has 0 atom stereocenters. The molecule has 1 rings (SSSR count). The van der Waals surface area contributed by atoms with Crippen molar-refractivity contribution in [3.63, 3.8) is 0 Å². The molecule has 0 saturated carbocycles. The predicted octanol–water partition coefficient (Wildman–Crippen LogP) is 2.17. The molecule has 0 aliphatic heterocycles. The van der Waals surface area contributed by atoms with Crippen LogP contribution in [-0.2, 0) is 4.79 Å². The zero-order valence-corrected chi connectivity index (χ0v) is 13.0. The lowest BCUT2D eigenvalue weighted by Gasteiger charge is -2.19. The van der Waals surface area contributed by atoms with Gasteiger partial charge in [-0.3, -0.25) is 9.59 Å². The summed E-state index contributed by atoms with van der Waals surface area (Å²) >= 11 is 11.9. The van der Waals surface area contributed by atoms with E-state index < -0.39 is 5.91 Å². The highest BCUT2D eigenvalue weighted by Crippen LogP contribution is 2.29. The fourth-order valence-electron chi connectivity index (χ4n) is 1.63. The van der Waals surface area contributed by atoms with E-state index in [4.69, 9.17) is 28.9 Å². The van der Waals surface area contributed by atoms with Crippen LogP contribution in [0, 0.1) is 0 Å². The van der Waals surface area contributed by atoms with Crippen LogP contribution in [0.4, 0.5) is 5.69 Å². The number of rotatable bonds is 4. The largest absolute Gasteiger partial charge is 0.399 e. The van der Waals surface area contributed by atoms with Gasteiger partial charge in [0.25, 0.3) is 5.91 Å². The Labute approximate surface area is 128 Å². The van der Waals surface area contributed by atoms with Gasteiger partial charge >= 0.3 is 0 Å². The lowest BCUT2D eigenvalue weighted by Crippen LogP contribution is -2.40. The van der Waals surface area contributed by atoms with Crippen LogP contribution in [0.5, 0.6) is 0 Å². The minimum absolute atomic E-state index is 0.0106. The van der Waals surface area contributed by atoms with Crippen LogP contribution >= 0.6 is 23.2 Å². The Morgan fingerprint density at radius 3 is 2.50 bits per heavy atom. The van der Waals surface area contributed by atoms with Crippen LogP contribution in [0.1, 0.15) is 24.2 Å². The van der Waals surface area contributed by atoms with Crippen molar-refractivity contribution in [2.24, 2.45) is 0 Å². The second-order valence-electron chi connectivity index (χ2n) is 4.75. The predicted molar refractivity (Wildman–Crippen MR) is 81.1 cm³/mol. The minimum Gasteiger partial charge on any atom is -0.399 e. The van der Waals surface area contributed by atoms with Crippen LogP contribution in [0.2, 0.25) is 10.0 Å². The Hall–Kier alpha value is -1.46. The molecule has 1 aromatic carbocycles. The van der Waals surface area contributed by atoms with Gasteiger partial charge < -0.3 is 16.0 Å². The van der Waals surface area contributed by atoms with E-state index in [1.165, 1.54) is 24.1 Å². The van der Waals surface area contributed by atoms with E-state index in [-0.39, 0.29) is 34.1 Å². The molecule has 20 heavy (non-hydrogen) atoms. The maximum absolute atomic E-state index is 12.2. The summed E-state index contributed by atoms with van der Waals surface area (Å²) in [5.41, 5.74) is 6.15. The third-order valence-electron chi connectivity index (χ3n) is 2.46. The maximum atomic E-state index is 12.2. The maximum Gasteiger partial charge on any atom is 0.255 e. The van der Waals surface area contributed by atoms with Crippen molar-refractivity contribution in [2.75, 3.05) is 19.3 Å². The molecular weight excluding hydrogens is 301 g/mol. The lowest BCUT2D eigenvalue weighted by molar-refractivity contribution is -0.122. The van der Waals surface area contributed by atoms with Crippen molar-refractivity contribution >= 4 is 40.7 Å². The van der Waals surface area contributed by atoms with E-state index in [1.54, 1.807) is 0 Å². The van der Waals surface area contributed by atoms with E-state index in [2.05, 4.69) is 5.32 Å². The Morgan fingerprint density at radius 2 is 1.95 bits per heavy atom. The lowest BCUT2D eigenvalue weighted by atomic mass is 10.1. The quantitative estimate of drug-likeness (QED) is 0.836. The number of carbonyl (C=O) groups is 2. The fraction of sp³-hybridized carbons (Fsp3) is 0.385. The van der Waals surface area contributed by atoms with Gasteiger partial charge in [-0.1, -0.05) is 23.2 Å². The third kappa shape index (κ3) is 4.28. The zero-order valence-electron chi connectivity index (χ0n) is 11.5. The molecule has 110 valence electrons. The average molecular weight is 318 g/mol. The molecule has 7 heteroatoms. The van der Waals surface area contributed by atoms with Gasteiger partial charge in [0, 0.05) is 18.8 Å². The van der Waals surface area contributed by atoms with E-state index >= 15 is 0 Å². The highest BCUT2D eigenvalue weighted by atomic mass is 35.5. The number of hydrogen-bond acceptors (Lipinski definition) is 3. The topological polar surface area (TPSA) is 75.4 Å². The van der Waals surface area contributed by atoms with Gasteiger partial charge in [0.1, 0.15) is 0 Å². The second-order valence-corrected chi connectivity index (χ2v) is 5.53.